The Labute approximate surface area is 183 Å². The quantitative estimate of drug-likeness (QED) is 0.517. The summed E-state index contributed by atoms with van der Waals surface area (Å²) in [4.78, 5) is 4.91. The van der Waals surface area contributed by atoms with E-state index in [9.17, 15) is 0 Å². The molecule has 0 saturated carbocycles. The fraction of sp³-hybridized carbons (Fsp3) is 0.269. The van der Waals surface area contributed by atoms with Gasteiger partial charge in [0, 0.05) is 12.7 Å². The summed E-state index contributed by atoms with van der Waals surface area (Å²) in [5.74, 6) is 1.47. The van der Waals surface area contributed by atoms with E-state index in [1.165, 1.54) is 5.56 Å². The van der Waals surface area contributed by atoms with Crippen LogP contribution in [0.25, 0.3) is 0 Å². The standard InChI is InChI=1S/C26H28N2O3/c1-29-17-24(18-7-4-3-5-8-18)31-23-16-11-19-9-6-10-22(25(19)26(23)27)28-20-12-14-21(30-2)15-13-20/h3-5,7-8,11-16,24H,6,9-10,17,27H2,1-2H3/t24-/m1/s1. The number of nitrogen functional groups attached to an aromatic ring is 1. The van der Waals surface area contributed by atoms with Gasteiger partial charge >= 0.3 is 0 Å². The fourth-order valence-corrected chi connectivity index (χ4v) is 3.96. The lowest BCUT2D eigenvalue weighted by Crippen LogP contribution is -2.18. The van der Waals surface area contributed by atoms with Crippen LogP contribution >= 0.6 is 0 Å². The van der Waals surface area contributed by atoms with Gasteiger partial charge in [0.1, 0.15) is 17.6 Å². The summed E-state index contributed by atoms with van der Waals surface area (Å²) < 4.78 is 17.0. The van der Waals surface area contributed by atoms with Crippen LogP contribution in [0.4, 0.5) is 11.4 Å². The van der Waals surface area contributed by atoms with Crippen molar-refractivity contribution in [3.8, 4) is 11.5 Å². The number of nitrogens with zero attached hydrogens (tertiary/aromatic N) is 1. The highest BCUT2D eigenvalue weighted by Gasteiger charge is 2.23. The monoisotopic (exact) mass is 416 g/mol. The zero-order valence-corrected chi connectivity index (χ0v) is 18.0. The van der Waals surface area contributed by atoms with Crippen molar-refractivity contribution in [1.82, 2.24) is 0 Å². The zero-order chi connectivity index (χ0) is 21.6. The molecule has 1 aliphatic rings. The molecular formula is C26H28N2O3. The Morgan fingerprint density at radius 3 is 2.42 bits per heavy atom. The summed E-state index contributed by atoms with van der Waals surface area (Å²) in [6.45, 7) is 0.438. The molecule has 0 bridgehead atoms. The molecule has 5 nitrogen and oxygen atoms in total. The Bertz CT molecular complexity index is 1050. The van der Waals surface area contributed by atoms with Crippen molar-refractivity contribution < 1.29 is 14.2 Å². The molecule has 2 N–H and O–H groups in total. The molecule has 1 aliphatic carbocycles. The van der Waals surface area contributed by atoms with Gasteiger partial charge in [-0.25, -0.2) is 0 Å². The summed E-state index contributed by atoms with van der Waals surface area (Å²) in [5.41, 5.74) is 12.4. The highest BCUT2D eigenvalue weighted by molar-refractivity contribution is 6.08. The number of hydrogen-bond donors (Lipinski definition) is 1. The smallest absolute Gasteiger partial charge is 0.147 e. The molecule has 0 fully saturated rings. The number of ether oxygens (including phenoxy) is 3. The van der Waals surface area contributed by atoms with E-state index in [2.05, 4.69) is 6.07 Å². The van der Waals surface area contributed by atoms with Crippen molar-refractivity contribution in [3.63, 3.8) is 0 Å². The normalized spacial score (nSPS) is 15.4. The Kier molecular flexibility index (Phi) is 6.53. The Hall–Kier alpha value is -3.31. The average molecular weight is 417 g/mol. The van der Waals surface area contributed by atoms with Crippen LogP contribution in [0.1, 0.15) is 35.6 Å². The summed E-state index contributed by atoms with van der Waals surface area (Å²) in [5, 5.41) is 0. The van der Waals surface area contributed by atoms with Crippen LogP contribution in [0.2, 0.25) is 0 Å². The van der Waals surface area contributed by atoms with Gasteiger partial charge < -0.3 is 19.9 Å². The van der Waals surface area contributed by atoms with Crippen LogP contribution in [-0.2, 0) is 11.2 Å². The van der Waals surface area contributed by atoms with E-state index in [1.807, 2.05) is 60.7 Å². The van der Waals surface area contributed by atoms with Crippen LogP contribution < -0.4 is 15.2 Å². The van der Waals surface area contributed by atoms with E-state index >= 15 is 0 Å². The lowest BCUT2D eigenvalue weighted by atomic mass is 9.88. The van der Waals surface area contributed by atoms with Gasteiger partial charge in [0.15, 0.2) is 0 Å². The largest absolute Gasteiger partial charge is 0.497 e. The van der Waals surface area contributed by atoms with E-state index in [4.69, 9.17) is 24.9 Å². The number of anilines is 1. The Balaban J connectivity index is 1.68. The molecule has 1 atom stereocenters. The van der Waals surface area contributed by atoms with Crippen molar-refractivity contribution in [2.75, 3.05) is 26.6 Å². The summed E-state index contributed by atoms with van der Waals surface area (Å²) >= 11 is 0. The summed E-state index contributed by atoms with van der Waals surface area (Å²) in [7, 11) is 3.34. The van der Waals surface area contributed by atoms with Crippen molar-refractivity contribution in [1.29, 1.82) is 0 Å². The number of aliphatic imine (C=N–C) groups is 1. The van der Waals surface area contributed by atoms with Crippen molar-refractivity contribution >= 4 is 17.1 Å². The predicted molar refractivity (Wildman–Crippen MR) is 125 cm³/mol. The molecule has 0 unspecified atom stereocenters. The van der Waals surface area contributed by atoms with Gasteiger partial charge in [0.05, 0.1) is 30.8 Å². The minimum atomic E-state index is -0.239. The first-order valence-electron chi connectivity index (χ1n) is 10.5. The van der Waals surface area contributed by atoms with E-state index < -0.39 is 0 Å². The molecule has 5 heteroatoms. The molecule has 0 aromatic heterocycles. The molecule has 160 valence electrons. The van der Waals surface area contributed by atoms with Gasteiger partial charge in [-0.2, -0.15) is 0 Å². The van der Waals surface area contributed by atoms with Gasteiger partial charge in [-0.3, -0.25) is 4.99 Å². The molecule has 0 radical (unpaired) electrons. The van der Waals surface area contributed by atoms with Crippen LogP contribution in [-0.4, -0.2) is 26.5 Å². The molecule has 4 rings (SSSR count). The highest BCUT2D eigenvalue weighted by atomic mass is 16.5. The minimum absolute atomic E-state index is 0.239. The number of hydrogen-bond acceptors (Lipinski definition) is 5. The molecule has 3 aromatic rings. The molecule has 0 heterocycles. The maximum Gasteiger partial charge on any atom is 0.147 e. The summed E-state index contributed by atoms with van der Waals surface area (Å²) in [6.07, 6.45) is 2.68. The Morgan fingerprint density at radius 2 is 1.71 bits per heavy atom. The molecule has 31 heavy (non-hydrogen) atoms. The topological polar surface area (TPSA) is 66.1 Å². The fourth-order valence-electron chi connectivity index (χ4n) is 3.96. The van der Waals surface area contributed by atoms with E-state index in [-0.39, 0.29) is 6.10 Å². The second-order valence-electron chi connectivity index (χ2n) is 7.59. The zero-order valence-electron chi connectivity index (χ0n) is 18.0. The van der Waals surface area contributed by atoms with E-state index in [1.54, 1.807) is 14.2 Å². The molecule has 0 saturated heterocycles. The maximum absolute atomic E-state index is 6.65. The lowest BCUT2D eigenvalue weighted by molar-refractivity contribution is 0.0815. The maximum atomic E-state index is 6.65. The molecular weight excluding hydrogens is 388 g/mol. The lowest BCUT2D eigenvalue weighted by Gasteiger charge is -2.25. The molecule has 0 aliphatic heterocycles. The number of methoxy groups -OCH3 is 2. The first-order valence-corrected chi connectivity index (χ1v) is 10.5. The number of nitrogens with two attached hydrogens (primary N) is 1. The molecule has 0 spiro atoms. The number of fused-ring (bicyclic) bond motifs is 1. The van der Waals surface area contributed by atoms with Crippen molar-refractivity contribution in [3.05, 3.63) is 83.4 Å². The van der Waals surface area contributed by atoms with Gasteiger partial charge in [-0.1, -0.05) is 36.4 Å². The van der Waals surface area contributed by atoms with Crippen molar-refractivity contribution in [2.45, 2.75) is 25.4 Å². The van der Waals surface area contributed by atoms with Gasteiger partial charge in [0.25, 0.3) is 0 Å². The number of benzene rings is 3. The van der Waals surface area contributed by atoms with Crippen LogP contribution in [0.5, 0.6) is 11.5 Å². The number of rotatable bonds is 7. The minimum Gasteiger partial charge on any atom is -0.497 e. The summed E-state index contributed by atoms with van der Waals surface area (Å²) in [6, 6.07) is 21.9. The van der Waals surface area contributed by atoms with E-state index in [0.717, 1.165) is 47.5 Å². The second-order valence-corrected chi connectivity index (χ2v) is 7.59. The molecule has 0 amide bonds. The Morgan fingerprint density at radius 1 is 0.935 bits per heavy atom. The highest BCUT2D eigenvalue weighted by Crippen LogP contribution is 2.37. The van der Waals surface area contributed by atoms with Crippen LogP contribution in [0.15, 0.2) is 71.7 Å². The van der Waals surface area contributed by atoms with Crippen LogP contribution in [0, 0.1) is 0 Å². The predicted octanol–water partition coefficient (Wildman–Crippen LogP) is 5.50. The average Bonchev–Trinajstić information content (AvgIpc) is 2.81. The third kappa shape index (κ3) is 4.72. The van der Waals surface area contributed by atoms with E-state index in [0.29, 0.717) is 18.0 Å². The van der Waals surface area contributed by atoms with Crippen molar-refractivity contribution in [2.24, 2.45) is 4.99 Å². The molecule has 3 aromatic carbocycles. The van der Waals surface area contributed by atoms with Gasteiger partial charge in [-0.15, -0.1) is 0 Å². The SMILES string of the molecule is COC[C@@H](Oc1ccc2c(c1N)C(=Nc1ccc(OC)cc1)CCC2)c1ccccc1. The first-order chi connectivity index (χ1) is 15.2. The third-order valence-electron chi connectivity index (χ3n) is 5.54. The van der Waals surface area contributed by atoms with Crippen LogP contribution in [0.3, 0.4) is 0 Å². The van der Waals surface area contributed by atoms with Gasteiger partial charge in [0.2, 0.25) is 0 Å². The first kappa shape index (κ1) is 20.9. The third-order valence-corrected chi connectivity index (χ3v) is 5.54. The second kappa shape index (κ2) is 9.67. The number of aryl methyl sites for hydroxylation is 1. The van der Waals surface area contributed by atoms with Gasteiger partial charge in [-0.05, 0) is 60.7 Å².